The van der Waals surface area contributed by atoms with Crippen molar-refractivity contribution in [2.45, 2.75) is 32.9 Å². The number of thiophene rings is 1. The molecule has 3 heteroatoms. The molecule has 2 rings (SSSR count). The zero-order valence-electron chi connectivity index (χ0n) is 11.7. The van der Waals surface area contributed by atoms with E-state index in [0.717, 1.165) is 5.75 Å². The molecule has 0 radical (unpaired) electrons. The summed E-state index contributed by atoms with van der Waals surface area (Å²) in [6.45, 7) is 7.10. The molecule has 1 heterocycles. The Labute approximate surface area is 119 Å². The van der Waals surface area contributed by atoms with Crippen LogP contribution in [0, 0.1) is 0 Å². The molecule has 0 aliphatic heterocycles. The minimum atomic E-state index is 0.264. The molecule has 0 saturated heterocycles. The topological polar surface area (TPSA) is 21.3 Å². The van der Waals surface area contributed by atoms with E-state index in [1.54, 1.807) is 11.3 Å². The van der Waals surface area contributed by atoms with Crippen LogP contribution in [0.2, 0.25) is 0 Å². The third kappa shape index (κ3) is 3.58. The second-order valence-corrected chi connectivity index (χ2v) is 5.58. The predicted octanol–water partition coefficient (Wildman–Crippen LogP) is 4.56. The lowest BCUT2D eigenvalue weighted by atomic mass is 10.1. The Balaban J connectivity index is 2.09. The fraction of sp³-hybridized carbons (Fsp3) is 0.375. The van der Waals surface area contributed by atoms with Gasteiger partial charge in [0.25, 0.3) is 0 Å². The van der Waals surface area contributed by atoms with E-state index >= 15 is 0 Å². The summed E-state index contributed by atoms with van der Waals surface area (Å²) < 4.78 is 5.69. The van der Waals surface area contributed by atoms with Gasteiger partial charge < -0.3 is 10.1 Å². The van der Waals surface area contributed by atoms with Crippen LogP contribution in [0.3, 0.4) is 0 Å². The van der Waals surface area contributed by atoms with Gasteiger partial charge in [-0.05, 0) is 38.3 Å². The summed E-state index contributed by atoms with van der Waals surface area (Å²) in [5, 5.41) is 5.75. The Morgan fingerprint density at radius 2 is 1.89 bits per heavy atom. The first-order valence-electron chi connectivity index (χ1n) is 6.73. The maximum absolute atomic E-state index is 5.69. The summed E-state index contributed by atoms with van der Waals surface area (Å²) in [6, 6.07) is 13.1. The molecular weight excluding hydrogens is 254 g/mol. The van der Waals surface area contributed by atoms with Gasteiger partial charge >= 0.3 is 0 Å². The Kier molecular flexibility index (Phi) is 5.00. The van der Waals surface area contributed by atoms with E-state index in [2.05, 4.69) is 48.8 Å². The molecule has 102 valence electrons. The highest BCUT2D eigenvalue weighted by Crippen LogP contribution is 2.28. The number of ether oxygens (including phenoxy) is 1. The van der Waals surface area contributed by atoms with Gasteiger partial charge in [-0.2, -0.15) is 0 Å². The van der Waals surface area contributed by atoms with Crippen molar-refractivity contribution in [3.05, 3.63) is 52.2 Å². The van der Waals surface area contributed by atoms with Crippen LogP contribution in [0.5, 0.6) is 5.75 Å². The van der Waals surface area contributed by atoms with Crippen molar-refractivity contribution in [1.29, 1.82) is 0 Å². The Bertz CT molecular complexity index is 495. The van der Waals surface area contributed by atoms with E-state index < -0.39 is 0 Å². The van der Waals surface area contributed by atoms with Crippen LogP contribution < -0.4 is 10.1 Å². The van der Waals surface area contributed by atoms with Crippen LogP contribution in [-0.2, 0) is 0 Å². The second kappa shape index (κ2) is 6.73. The number of hydrogen-bond donors (Lipinski definition) is 1. The summed E-state index contributed by atoms with van der Waals surface area (Å²) in [4.78, 5) is 1.36. The molecule has 0 fully saturated rings. The molecule has 2 atom stereocenters. The van der Waals surface area contributed by atoms with E-state index in [9.17, 15) is 0 Å². The number of rotatable bonds is 6. The molecule has 2 nitrogen and oxygen atoms in total. The second-order valence-electron chi connectivity index (χ2n) is 4.60. The highest BCUT2D eigenvalue weighted by molar-refractivity contribution is 7.10. The number of nitrogens with one attached hydrogen (secondary N) is 1. The highest BCUT2D eigenvalue weighted by Gasteiger charge is 2.14. The number of hydrogen-bond acceptors (Lipinski definition) is 3. The first kappa shape index (κ1) is 14.1. The average Bonchev–Trinajstić information content (AvgIpc) is 2.93. The minimum Gasteiger partial charge on any atom is -0.494 e. The largest absolute Gasteiger partial charge is 0.494 e. The summed E-state index contributed by atoms with van der Waals surface area (Å²) >= 11 is 1.79. The molecule has 0 bridgehead atoms. The SMILES string of the molecule is CCOc1ccccc1C(C)NC(C)c1cccs1. The molecule has 0 aliphatic carbocycles. The molecule has 0 spiro atoms. The van der Waals surface area contributed by atoms with Gasteiger partial charge in [0, 0.05) is 22.5 Å². The lowest BCUT2D eigenvalue weighted by Crippen LogP contribution is -2.22. The Hall–Kier alpha value is -1.32. The number of benzene rings is 1. The third-order valence-corrected chi connectivity index (χ3v) is 4.21. The third-order valence-electron chi connectivity index (χ3n) is 3.16. The van der Waals surface area contributed by atoms with Crippen molar-refractivity contribution in [1.82, 2.24) is 5.32 Å². The monoisotopic (exact) mass is 275 g/mol. The maximum Gasteiger partial charge on any atom is 0.124 e. The minimum absolute atomic E-state index is 0.264. The average molecular weight is 275 g/mol. The lowest BCUT2D eigenvalue weighted by Gasteiger charge is -2.21. The van der Waals surface area contributed by atoms with E-state index in [1.807, 2.05) is 19.1 Å². The molecule has 1 aromatic carbocycles. The molecule has 19 heavy (non-hydrogen) atoms. The fourth-order valence-corrected chi connectivity index (χ4v) is 2.95. The molecule has 2 aromatic rings. The zero-order chi connectivity index (χ0) is 13.7. The van der Waals surface area contributed by atoms with E-state index in [4.69, 9.17) is 4.74 Å². The quantitative estimate of drug-likeness (QED) is 0.834. The van der Waals surface area contributed by atoms with E-state index in [-0.39, 0.29) is 6.04 Å². The molecule has 2 unspecified atom stereocenters. The summed E-state index contributed by atoms with van der Waals surface area (Å²) in [5.74, 6) is 0.975. The fourth-order valence-electron chi connectivity index (χ4n) is 2.21. The standard InChI is InChI=1S/C16H21NOS/c1-4-18-15-9-6-5-8-14(15)12(2)17-13(3)16-10-7-11-19-16/h5-13,17H,4H2,1-3H3. The van der Waals surface area contributed by atoms with Crippen LogP contribution in [0.4, 0.5) is 0 Å². The predicted molar refractivity (Wildman–Crippen MR) is 81.9 cm³/mol. The molecule has 0 aliphatic rings. The van der Waals surface area contributed by atoms with Crippen LogP contribution in [0.15, 0.2) is 41.8 Å². The Morgan fingerprint density at radius 1 is 1.11 bits per heavy atom. The van der Waals surface area contributed by atoms with Crippen LogP contribution >= 0.6 is 11.3 Å². The van der Waals surface area contributed by atoms with Crippen molar-refractivity contribution >= 4 is 11.3 Å². The summed E-state index contributed by atoms with van der Waals surface area (Å²) in [6.07, 6.45) is 0. The normalized spacial score (nSPS) is 14.1. The van der Waals surface area contributed by atoms with Gasteiger partial charge in [-0.1, -0.05) is 24.3 Å². The van der Waals surface area contributed by atoms with Crippen molar-refractivity contribution in [2.75, 3.05) is 6.61 Å². The van der Waals surface area contributed by atoms with Crippen LogP contribution in [0.25, 0.3) is 0 Å². The molecule has 1 N–H and O–H groups in total. The van der Waals surface area contributed by atoms with Gasteiger partial charge in [0.05, 0.1) is 6.61 Å². The van der Waals surface area contributed by atoms with Crippen molar-refractivity contribution in [3.8, 4) is 5.75 Å². The molecule has 0 amide bonds. The molecule has 1 aromatic heterocycles. The van der Waals surface area contributed by atoms with Crippen molar-refractivity contribution in [3.63, 3.8) is 0 Å². The van der Waals surface area contributed by atoms with E-state index in [0.29, 0.717) is 12.6 Å². The zero-order valence-corrected chi connectivity index (χ0v) is 12.5. The molecule has 0 saturated carbocycles. The van der Waals surface area contributed by atoms with Crippen molar-refractivity contribution < 1.29 is 4.74 Å². The van der Waals surface area contributed by atoms with Crippen LogP contribution in [0.1, 0.15) is 43.3 Å². The summed E-state index contributed by atoms with van der Waals surface area (Å²) in [7, 11) is 0. The van der Waals surface area contributed by atoms with Crippen LogP contribution in [-0.4, -0.2) is 6.61 Å². The van der Waals surface area contributed by atoms with Gasteiger partial charge in [0.15, 0.2) is 0 Å². The number of para-hydroxylation sites is 1. The highest BCUT2D eigenvalue weighted by atomic mass is 32.1. The first-order valence-corrected chi connectivity index (χ1v) is 7.61. The first-order chi connectivity index (χ1) is 9.22. The summed E-state index contributed by atoms with van der Waals surface area (Å²) in [5.41, 5.74) is 1.22. The smallest absolute Gasteiger partial charge is 0.124 e. The van der Waals surface area contributed by atoms with Gasteiger partial charge in [-0.15, -0.1) is 11.3 Å². The maximum atomic E-state index is 5.69. The lowest BCUT2D eigenvalue weighted by molar-refractivity contribution is 0.331. The molecular formula is C16H21NOS. The van der Waals surface area contributed by atoms with Gasteiger partial charge in [-0.25, -0.2) is 0 Å². The van der Waals surface area contributed by atoms with Gasteiger partial charge in [-0.3, -0.25) is 0 Å². The Morgan fingerprint density at radius 3 is 2.58 bits per heavy atom. The van der Waals surface area contributed by atoms with Gasteiger partial charge in [0.2, 0.25) is 0 Å². The van der Waals surface area contributed by atoms with Crippen molar-refractivity contribution in [2.24, 2.45) is 0 Å². The van der Waals surface area contributed by atoms with E-state index in [1.165, 1.54) is 10.4 Å². The van der Waals surface area contributed by atoms with Gasteiger partial charge in [0.1, 0.15) is 5.75 Å².